The predicted octanol–water partition coefficient (Wildman–Crippen LogP) is 2.25. The van der Waals surface area contributed by atoms with Crippen molar-refractivity contribution in [2.45, 2.75) is 25.9 Å². The van der Waals surface area contributed by atoms with Crippen LogP contribution in [-0.2, 0) is 11.2 Å². The number of rotatable bonds is 7. The first-order valence-corrected chi connectivity index (χ1v) is 8.02. The van der Waals surface area contributed by atoms with Gasteiger partial charge in [0.15, 0.2) is 11.8 Å². The van der Waals surface area contributed by atoms with Crippen molar-refractivity contribution in [2.24, 2.45) is 0 Å². The number of nitrogens with one attached hydrogen (secondary N) is 1. The Morgan fingerprint density at radius 3 is 2.79 bits per heavy atom. The summed E-state index contributed by atoms with van der Waals surface area (Å²) in [5.74, 6) is 1.47. The van der Waals surface area contributed by atoms with Crippen LogP contribution in [0.2, 0.25) is 0 Å². The number of nitrogens with zero attached hydrogens (tertiary/aromatic N) is 3. The van der Waals surface area contributed by atoms with E-state index in [0.29, 0.717) is 12.3 Å². The molecule has 0 aliphatic carbocycles. The average molecular weight is 324 g/mol. The summed E-state index contributed by atoms with van der Waals surface area (Å²) >= 11 is 0. The Kier molecular flexibility index (Phi) is 5.05. The molecule has 1 atom stereocenters. The Bertz CT molecular complexity index is 801. The lowest BCUT2D eigenvalue weighted by Crippen LogP contribution is -2.36. The summed E-state index contributed by atoms with van der Waals surface area (Å²) in [5.41, 5.74) is 0.835. The van der Waals surface area contributed by atoms with E-state index in [-0.39, 0.29) is 5.91 Å². The minimum absolute atomic E-state index is 0.120. The normalized spacial score (nSPS) is 12.0. The first-order valence-electron chi connectivity index (χ1n) is 8.02. The van der Waals surface area contributed by atoms with Crippen LogP contribution in [0.15, 0.2) is 54.7 Å². The number of fused-ring (bicyclic) bond motifs is 1. The molecule has 24 heavy (non-hydrogen) atoms. The summed E-state index contributed by atoms with van der Waals surface area (Å²) < 4.78 is 7.56. The summed E-state index contributed by atoms with van der Waals surface area (Å²) in [6.07, 6.45) is 2.96. The van der Waals surface area contributed by atoms with Gasteiger partial charge in [0.1, 0.15) is 11.6 Å². The van der Waals surface area contributed by atoms with Gasteiger partial charge in [0.2, 0.25) is 0 Å². The van der Waals surface area contributed by atoms with Crippen molar-refractivity contribution in [1.82, 2.24) is 19.9 Å². The Hall–Kier alpha value is -2.89. The van der Waals surface area contributed by atoms with Gasteiger partial charge in [-0.15, -0.1) is 10.2 Å². The molecule has 3 aromatic rings. The van der Waals surface area contributed by atoms with Crippen LogP contribution in [0.25, 0.3) is 5.65 Å². The fourth-order valence-corrected chi connectivity index (χ4v) is 2.42. The van der Waals surface area contributed by atoms with E-state index in [1.165, 1.54) is 0 Å². The first-order chi connectivity index (χ1) is 11.7. The van der Waals surface area contributed by atoms with Gasteiger partial charge in [-0.05, 0) is 37.6 Å². The quantitative estimate of drug-likeness (QED) is 0.677. The van der Waals surface area contributed by atoms with Crippen molar-refractivity contribution >= 4 is 11.6 Å². The van der Waals surface area contributed by atoms with Gasteiger partial charge in [-0.25, -0.2) is 0 Å². The molecule has 1 unspecified atom stereocenters. The Morgan fingerprint density at radius 1 is 1.17 bits per heavy atom. The Labute approximate surface area is 140 Å². The van der Waals surface area contributed by atoms with Gasteiger partial charge in [-0.1, -0.05) is 24.3 Å². The van der Waals surface area contributed by atoms with E-state index in [0.717, 1.165) is 24.3 Å². The molecule has 0 spiro atoms. The molecule has 1 N–H and O–H groups in total. The van der Waals surface area contributed by atoms with E-state index in [1.54, 1.807) is 6.92 Å². The minimum Gasteiger partial charge on any atom is -0.481 e. The number of ether oxygens (including phenoxy) is 1. The van der Waals surface area contributed by atoms with Crippen LogP contribution >= 0.6 is 0 Å². The maximum Gasteiger partial charge on any atom is 0.260 e. The number of aryl methyl sites for hydroxylation is 1. The van der Waals surface area contributed by atoms with Crippen LogP contribution in [0.4, 0.5) is 0 Å². The van der Waals surface area contributed by atoms with Crippen LogP contribution in [0.1, 0.15) is 19.2 Å². The molecule has 0 fully saturated rings. The zero-order valence-electron chi connectivity index (χ0n) is 13.6. The van der Waals surface area contributed by atoms with Crippen LogP contribution < -0.4 is 10.1 Å². The maximum absolute atomic E-state index is 12.1. The molecule has 1 amide bonds. The second-order valence-corrected chi connectivity index (χ2v) is 5.51. The third-order valence-electron chi connectivity index (χ3n) is 3.69. The molecule has 0 saturated heterocycles. The number of carbonyl (C=O) groups excluding carboxylic acids is 1. The number of hydrogen-bond acceptors (Lipinski definition) is 4. The summed E-state index contributed by atoms with van der Waals surface area (Å²) in [6, 6.07) is 15.1. The average Bonchev–Trinajstić information content (AvgIpc) is 3.02. The van der Waals surface area contributed by atoms with Gasteiger partial charge in [0.05, 0.1) is 0 Å². The fraction of sp³-hybridized carbons (Fsp3) is 0.278. The van der Waals surface area contributed by atoms with Gasteiger partial charge in [-0.2, -0.15) is 0 Å². The molecule has 0 bridgehead atoms. The summed E-state index contributed by atoms with van der Waals surface area (Å²) in [6.45, 7) is 2.32. The van der Waals surface area contributed by atoms with E-state index in [1.807, 2.05) is 59.1 Å². The number of pyridine rings is 1. The maximum atomic E-state index is 12.1. The lowest BCUT2D eigenvalue weighted by molar-refractivity contribution is -0.127. The number of amides is 1. The lowest BCUT2D eigenvalue weighted by atomic mass is 10.2. The van der Waals surface area contributed by atoms with Gasteiger partial charge in [0.25, 0.3) is 5.91 Å². The molecule has 0 aliphatic rings. The molecule has 1 aromatic carbocycles. The van der Waals surface area contributed by atoms with Crippen LogP contribution in [-0.4, -0.2) is 33.2 Å². The van der Waals surface area contributed by atoms with E-state index in [2.05, 4.69) is 15.5 Å². The largest absolute Gasteiger partial charge is 0.481 e. The monoisotopic (exact) mass is 324 g/mol. The first kappa shape index (κ1) is 16.0. The molecule has 124 valence electrons. The molecule has 0 saturated carbocycles. The Morgan fingerprint density at radius 2 is 1.96 bits per heavy atom. The van der Waals surface area contributed by atoms with Gasteiger partial charge in [-0.3, -0.25) is 9.20 Å². The highest BCUT2D eigenvalue weighted by molar-refractivity contribution is 5.80. The van der Waals surface area contributed by atoms with Crippen molar-refractivity contribution in [3.8, 4) is 5.75 Å². The molecular weight excluding hydrogens is 304 g/mol. The highest BCUT2D eigenvalue weighted by Crippen LogP contribution is 2.10. The molecule has 0 aliphatic heterocycles. The zero-order chi connectivity index (χ0) is 16.8. The molecule has 2 heterocycles. The van der Waals surface area contributed by atoms with Crippen molar-refractivity contribution in [3.05, 3.63) is 60.6 Å². The van der Waals surface area contributed by atoms with Crippen molar-refractivity contribution in [3.63, 3.8) is 0 Å². The highest BCUT2D eigenvalue weighted by Gasteiger charge is 2.14. The summed E-state index contributed by atoms with van der Waals surface area (Å²) in [5, 5.41) is 11.2. The van der Waals surface area contributed by atoms with E-state index >= 15 is 0 Å². The predicted molar refractivity (Wildman–Crippen MR) is 90.8 cm³/mol. The zero-order valence-corrected chi connectivity index (χ0v) is 13.6. The van der Waals surface area contributed by atoms with E-state index in [4.69, 9.17) is 4.74 Å². The highest BCUT2D eigenvalue weighted by atomic mass is 16.5. The van der Waals surface area contributed by atoms with Gasteiger partial charge < -0.3 is 10.1 Å². The second kappa shape index (κ2) is 7.59. The molecule has 3 rings (SSSR count). The number of benzene rings is 1. The van der Waals surface area contributed by atoms with E-state index in [9.17, 15) is 4.79 Å². The standard InChI is InChI=1S/C18H20N4O2/c1-14(24-15-8-3-2-4-9-15)18(23)19-12-7-11-17-21-20-16-10-5-6-13-22(16)17/h2-6,8-10,13-14H,7,11-12H2,1H3,(H,19,23). The lowest BCUT2D eigenvalue weighted by Gasteiger charge is -2.14. The third kappa shape index (κ3) is 3.90. The van der Waals surface area contributed by atoms with Crippen LogP contribution in [0.3, 0.4) is 0 Å². The molecule has 6 heteroatoms. The number of para-hydroxylation sites is 1. The molecule has 2 aromatic heterocycles. The topological polar surface area (TPSA) is 68.5 Å². The second-order valence-electron chi connectivity index (χ2n) is 5.51. The number of aromatic nitrogens is 3. The minimum atomic E-state index is -0.527. The molecule has 6 nitrogen and oxygen atoms in total. The Balaban J connectivity index is 1.43. The van der Waals surface area contributed by atoms with Crippen molar-refractivity contribution in [2.75, 3.05) is 6.54 Å². The van der Waals surface area contributed by atoms with Gasteiger partial charge in [0, 0.05) is 19.2 Å². The van der Waals surface area contributed by atoms with Gasteiger partial charge >= 0.3 is 0 Å². The number of carbonyl (C=O) groups is 1. The number of hydrogen-bond donors (Lipinski definition) is 1. The van der Waals surface area contributed by atoms with E-state index < -0.39 is 6.10 Å². The third-order valence-corrected chi connectivity index (χ3v) is 3.69. The molecular formula is C18H20N4O2. The fourth-order valence-electron chi connectivity index (χ4n) is 2.42. The molecule has 0 radical (unpaired) electrons. The summed E-state index contributed by atoms with van der Waals surface area (Å²) in [4.78, 5) is 12.1. The van der Waals surface area contributed by atoms with Crippen LogP contribution in [0, 0.1) is 0 Å². The summed E-state index contributed by atoms with van der Waals surface area (Å²) in [7, 11) is 0. The smallest absolute Gasteiger partial charge is 0.260 e. The van der Waals surface area contributed by atoms with Crippen molar-refractivity contribution in [1.29, 1.82) is 0 Å². The SMILES string of the molecule is CC(Oc1ccccc1)C(=O)NCCCc1nnc2ccccn12. The van der Waals surface area contributed by atoms with Crippen LogP contribution in [0.5, 0.6) is 5.75 Å². The van der Waals surface area contributed by atoms with Crippen molar-refractivity contribution < 1.29 is 9.53 Å².